The van der Waals surface area contributed by atoms with E-state index in [0.29, 0.717) is 5.95 Å². The number of nitro groups is 1. The van der Waals surface area contributed by atoms with Crippen molar-refractivity contribution in [2.24, 2.45) is 0 Å². The molecule has 1 fully saturated rings. The molecular weight excluding hydrogens is 234 g/mol. The van der Waals surface area contributed by atoms with Crippen LogP contribution in [0.25, 0.3) is 0 Å². The maximum Gasteiger partial charge on any atom is 0.305 e. The first-order valence-corrected chi connectivity index (χ1v) is 6.18. The van der Waals surface area contributed by atoms with E-state index < -0.39 is 4.92 Å². The summed E-state index contributed by atoms with van der Waals surface area (Å²) >= 11 is 0. The Kier molecular flexibility index (Phi) is 4.40. The van der Waals surface area contributed by atoms with Crippen molar-refractivity contribution in [3.8, 4) is 0 Å². The molecule has 0 aliphatic carbocycles. The zero-order valence-electron chi connectivity index (χ0n) is 10.2. The van der Waals surface area contributed by atoms with Gasteiger partial charge in [0, 0.05) is 6.54 Å². The Hall–Kier alpha value is -1.76. The zero-order valence-corrected chi connectivity index (χ0v) is 10.2. The fourth-order valence-corrected chi connectivity index (χ4v) is 2.02. The number of nitrogens with one attached hydrogen (secondary N) is 1. The monoisotopic (exact) mass is 251 g/mol. The minimum atomic E-state index is -0.503. The van der Waals surface area contributed by atoms with Gasteiger partial charge in [-0.15, -0.1) is 0 Å². The van der Waals surface area contributed by atoms with E-state index in [9.17, 15) is 10.1 Å². The van der Waals surface area contributed by atoms with Gasteiger partial charge in [-0.2, -0.15) is 0 Å². The van der Waals surface area contributed by atoms with Gasteiger partial charge < -0.3 is 10.2 Å². The predicted molar refractivity (Wildman–Crippen MR) is 67.5 cm³/mol. The van der Waals surface area contributed by atoms with E-state index in [1.165, 1.54) is 38.3 Å². The molecule has 0 amide bonds. The van der Waals surface area contributed by atoms with E-state index in [1.54, 1.807) is 0 Å². The summed E-state index contributed by atoms with van der Waals surface area (Å²) in [6, 6.07) is 0. The molecule has 0 aromatic carbocycles. The molecule has 2 rings (SSSR count). The molecular formula is C11H17N5O2. The maximum atomic E-state index is 10.4. The number of likely N-dealkylation sites (tertiary alicyclic amines) is 1. The summed E-state index contributed by atoms with van der Waals surface area (Å²) in [6.07, 6.45) is 6.07. The van der Waals surface area contributed by atoms with Gasteiger partial charge in [-0.3, -0.25) is 10.1 Å². The summed E-state index contributed by atoms with van der Waals surface area (Å²) in [5.41, 5.74) is -0.0855. The third-order valence-corrected chi connectivity index (χ3v) is 2.98. The van der Waals surface area contributed by atoms with Crippen LogP contribution in [-0.2, 0) is 0 Å². The van der Waals surface area contributed by atoms with Crippen molar-refractivity contribution in [2.45, 2.75) is 19.3 Å². The molecule has 0 spiro atoms. The lowest BCUT2D eigenvalue weighted by molar-refractivity contribution is -0.385. The Balaban J connectivity index is 1.68. The second kappa shape index (κ2) is 6.25. The largest absolute Gasteiger partial charge is 0.354 e. The molecule has 0 radical (unpaired) electrons. The lowest BCUT2D eigenvalue weighted by Gasteiger charge is -2.14. The van der Waals surface area contributed by atoms with Crippen molar-refractivity contribution in [2.75, 3.05) is 31.5 Å². The second-order valence-corrected chi connectivity index (χ2v) is 4.35. The van der Waals surface area contributed by atoms with Crippen LogP contribution in [-0.4, -0.2) is 46.0 Å². The number of hydrogen-bond donors (Lipinski definition) is 1. The molecule has 0 bridgehead atoms. The molecule has 18 heavy (non-hydrogen) atoms. The Morgan fingerprint density at radius 1 is 1.33 bits per heavy atom. The Bertz CT molecular complexity index is 389. The van der Waals surface area contributed by atoms with Gasteiger partial charge in [0.25, 0.3) is 0 Å². The summed E-state index contributed by atoms with van der Waals surface area (Å²) < 4.78 is 0. The zero-order chi connectivity index (χ0) is 12.8. The molecule has 0 atom stereocenters. The highest BCUT2D eigenvalue weighted by Gasteiger charge is 2.10. The van der Waals surface area contributed by atoms with Gasteiger partial charge in [0.2, 0.25) is 5.95 Å². The van der Waals surface area contributed by atoms with Crippen LogP contribution in [0.3, 0.4) is 0 Å². The van der Waals surface area contributed by atoms with Crippen LogP contribution in [0.1, 0.15) is 19.3 Å². The van der Waals surface area contributed by atoms with E-state index in [1.807, 2.05) is 0 Å². The van der Waals surface area contributed by atoms with Crippen LogP contribution < -0.4 is 5.32 Å². The maximum absolute atomic E-state index is 10.4. The third kappa shape index (κ3) is 3.63. The second-order valence-electron chi connectivity index (χ2n) is 4.35. The standard InChI is InChI=1S/C11H17N5O2/c17-16(18)10-8-13-11(14-9-10)12-4-3-7-15-5-1-2-6-15/h8-9H,1-7H2,(H,12,13,14). The lowest BCUT2D eigenvalue weighted by Crippen LogP contribution is -2.22. The number of anilines is 1. The van der Waals surface area contributed by atoms with Crippen LogP contribution in [0, 0.1) is 10.1 Å². The molecule has 1 aromatic heterocycles. The number of aromatic nitrogens is 2. The van der Waals surface area contributed by atoms with Gasteiger partial charge in [-0.1, -0.05) is 0 Å². The summed E-state index contributed by atoms with van der Waals surface area (Å²) in [5.74, 6) is 0.446. The molecule has 7 heteroatoms. The normalized spacial score (nSPS) is 15.8. The van der Waals surface area contributed by atoms with E-state index in [4.69, 9.17) is 0 Å². The van der Waals surface area contributed by atoms with Gasteiger partial charge in [0.15, 0.2) is 0 Å². The molecule has 98 valence electrons. The molecule has 1 aliphatic rings. The Labute approximate surface area is 105 Å². The van der Waals surface area contributed by atoms with Crippen molar-refractivity contribution in [1.82, 2.24) is 14.9 Å². The lowest BCUT2D eigenvalue weighted by atomic mass is 10.4. The highest BCUT2D eigenvalue weighted by atomic mass is 16.6. The Morgan fingerprint density at radius 2 is 2.00 bits per heavy atom. The van der Waals surface area contributed by atoms with Crippen molar-refractivity contribution < 1.29 is 4.92 Å². The van der Waals surface area contributed by atoms with Gasteiger partial charge >= 0.3 is 5.69 Å². The summed E-state index contributed by atoms with van der Waals surface area (Å²) in [4.78, 5) is 20.1. The van der Waals surface area contributed by atoms with Crippen molar-refractivity contribution >= 4 is 11.6 Å². The van der Waals surface area contributed by atoms with E-state index in [0.717, 1.165) is 19.5 Å². The fraction of sp³-hybridized carbons (Fsp3) is 0.636. The predicted octanol–water partition coefficient (Wildman–Crippen LogP) is 1.28. The average Bonchev–Trinajstić information content (AvgIpc) is 2.88. The molecule has 2 heterocycles. The number of rotatable bonds is 6. The third-order valence-electron chi connectivity index (χ3n) is 2.98. The van der Waals surface area contributed by atoms with Crippen molar-refractivity contribution in [3.05, 3.63) is 22.5 Å². The first-order chi connectivity index (χ1) is 8.75. The molecule has 7 nitrogen and oxygen atoms in total. The van der Waals surface area contributed by atoms with Crippen LogP contribution in [0.4, 0.5) is 11.6 Å². The highest BCUT2D eigenvalue weighted by molar-refractivity contribution is 5.30. The molecule has 0 saturated carbocycles. The van der Waals surface area contributed by atoms with Crippen molar-refractivity contribution in [1.29, 1.82) is 0 Å². The van der Waals surface area contributed by atoms with Crippen LogP contribution >= 0.6 is 0 Å². The topological polar surface area (TPSA) is 84.2 Å². The van der Waals surface area contributed by atoms with E-state index >= 15 is 0 Å². The fourth-order valence-electron chi connectivity index (χ4n) is 2.02. The quantitative estimate of drug-likeness (QED) is 0.466. The molecule has 1 N–H and O–H groups in total. The Morgan fingerprint density at radius 3 is 2.61 bits per heavy atom. The van der Waals surface area contributed by atoms with Gasteiger partial charge in [0.05, 0.1) is 4.92 Å². The van der Waals surface area contributed by atoms with Crippen LogP contribution in [0.2, 0.25) is 0 Å². The van der Waals surface area contributed by atoms with Crippen LogP contribution in [0.15, 0.2) is 12.4 Å². The summed E-state index contributed by atoms with van der Waals surface area (Å²) in [6.45, 7) is 4.27. The minimum absolute atomic E-state index is 0.0855. The minimum Gasteiger partial charge on any atom is -0.354 e. The van der Waals surface area contributed by atoms with E-state index in [-0.39, 0.29) is 5.69 Å². The molecule has 1 aromatic rings. The highest BCUT2D eigenvalue weighted by Crippen LogP contribution is 2.09. The molecule has 1 aliphatic heterocycles. The smallest absolute Gasteiger partial charge is 0.305 e. The average molecular weight is 251 g/mol. The van der Waals surface area contributed by atoms with E-state index in [2.05, 4.69) is 20.2 Å². The molecule has 1 saturated heterocycles. The van der Waals surface area contributed by atoms with Gasteiger partial charge in [0.1, 0.15) is 12.4 Å². The number of hydrogen-bond acceptors (Lipinski definition) is 6. The van der Waals surface area contributed by atoms with Gasteiger partial charge in [-0.05, 0) is 38.9 Å². The van der Waals surface area contributed by atoms with Gasteiger partial charge in [-0.25, -0.2) is 9.97 Å². The van der Waals surface area contributed by atoms with Crippen molar-refractivity contribution in [3.63, 3.8) is 0 Å². The summed E-state index contributed by atoms with van der Waals surface area (Å²) in [7, 11) is 0. The first kappa shape index (κ1) is 12.7. The number of nitrogens with zero attached hydrogens (tertiary/aromatic N) is 4. The van der Waals surface area contributed by atoms with Crippen LogP contribution in [0.5, 0.6) is 0 Å². The first-order valence-electron chi connectivity index (χ1n) is 6.18. The summed E-state index contributed by atoms with van der Waals surface area (Å²) in [5, 5.41) is 13.5. The SMILES string of the molecule is O=[N+]([O-])c1cnc(NCCCN2CCCC2)nc1. The molecule has 0 unspecified atom stereocenters.